The van der Waals surface area contributed by atoms with Gasteiger partial charge < -0.3 is 9.64 Å². The number of benzene rings is 1. The van der Waals surface area contributed by atoms with Crippen molar-refractivity contribution >= 4 is 5.82 Å². The van der Waals surface area contributed by atoms with Gasteiger partial charge in [0.25, 0.3) is 0 Å². The molecular formula is C15H14F3N3O2. The number of ether oxygens (including phenoxy) is 1. The fraction of sp³-hybridized carbons (Fsp3) is 0.333. The molecule has 0 fully saturated rings. The molecule has 3 rings (SSSR count). The first-order valence-corrected chi connectivity index (χ1v) is 6.97. The standard InChI is InChI=1S/C15H14F3N3O2/c1-8-6-21-13(20(8)2)5-12(19-15(21)22)23-7-9-3-10(16)14(18)11(17)4-9/h3-5,8H,6-7H2,1-2H3/t8-/m1/s1. The maximum Gasteiger partial charge on any atom is 0.352 e. The number of hydrogen-bond acceptors (Lipinski definition) is 4. The third kappa shape index (κ3) is 2.76. The van der Waals surface area contributed by atoms with Gasteiger partial charge >= 0.3 is 5.69 Å². The van der Waals surface area contributed by atoms with E-state index >= 15 is 0 Å². The summed E-state index contributed by atoms with van der Waals surface area (Å²) in [4.78, 5) is 17.7. The van der Waals surface area contributed by atoms with E-state index in [0.717, 1.165) is 12.1 Å². The van der Waals surface area contributed by atoms with Gasteiger partial charge in [-0.15, -0.1) is 0 Å². The molecule has 1 aromatic carbocycles. The quantitative estimate of drug-likeness (QED) is 0.811. The average Bonchev–Trinajstić information content (AvgIpc) is 2.79. The summed E-state index contributed by atoms with van der Waals surface area (Å²) in [6.07, 6.45) is 0. The second-order valence-corrected chi connectivity index (χ2v) is 5.47. The predicted molar refractivity (Wildman–Crippen MR) is 77.0 cm³/mol. The molecule has 1 aliphatic heterocycles. The molecule has 5 nitrogen and oxygen atoms in total. The van der Waals surface area contributed by atoms with Crippen molar-refractivity contribution in [3.05, 3.63) is 51.7 Å². The van der Waals surface area contributed by atoms with E-state index in [-0.39, 0.29) is 24.1 Å². The van der Waals surface area contributed by atoms with E-state index < -0.39 is 23.1 Å². The SMILES string of the molecule is C[C@@H]1Cn2c(cc(OCc3cc(F)c(F)c(F)c3)nc2=O)N1C. The molecule has 0 unspecified atom stereocenters. The summed E-state index contributed by atoms with van der Waals surface area (Å²) in [6.45, 7) is 2.27. The first kappa shape index (κ1) is 15.4. The van der Waals surface area contributed by atoms with E-state index in [0.29, 0.717) is 12.4 Å². The lowest BCUT2D eigenvalue weighted by molar-refractivity contribution is 0.289. The highest BCUT2D eigenvalue weighted by Crippen LogP contribution is 2.25. The maximum atomic E-state index is 13.2. The number of hydrogen-bond donors (Lipinski definition) is 0. The van der Waals surface area contributed by atoms with E-state index in [1.807, 2.05) is 18.9 Å². The highest BCUT2D eigenvalue weighted by atomic mass is 19.2. The summed E-state index contributed by atoms with van der Waals surface area (Å²) >= 11 is 0. The molecule has 8 heteroatoms. The Morgan fingerprint density at radius 3 is 2.57 bits per heavy atom. The summed E-state index contributed by atoms with van der Waals surface area (Å²) < 4.78 is 46.1. The van der Waals surface area contributed by atoms with Gasteiger partial charge in [0.15, 0.2) is 17.5 Å². The highest BCUT2D eigenvalue weighted by molar-refractivity contribution is 5.45. The molecule has 0 N–H and O–H groups in total. The highest BCUT2D eigenvalue weighted by Gasteiger charge is 2.25. The topological polar surface area (TPSA) is 47.4 Å². The van der Waals surface area contributed by atoms with Gasteiger partial charge in [0.05, 0.1) is 0 Å². The lowest BCUT2D eigenvalue weighted by atomic mass is 10.2. The zero-order chi connectivity index (χ0) is 16.7. The Bertz CT molecular complexity index is 799. The van der Waals surface area contributed by atoms with E-state index in [1.54, 1.807) is 6.07 Å². The summed E-state index contributed by atoms with van der Waals surface area (Å²) in [7, 11) is 1.84. The summed E-state index contributed by atoms with van der Waals surface area (Å²) in [6, 6.07) is 3.42. The molecule has 0 spiro atoms. The molecule has 1 aliphatic rings. The number of nitrogens with zero attached hydrogens (tertiary/aromatic N) is 3. The largest absolute Gasteiger partial charge is 0.473 e. The van der Waals surface area contributed by atoms with Crippen molar-refractivity contribution in [2.24, 2.45) is 0 Å². The minimum absolute atomic E-state index is 0.0485. The van der Waals surface area contributed by atoms with Crippen molar-refractivity contribution in [3.63, 3.8) is 0 Å². The van der Waals surface area contributed by atoms with Crippen LogP contribution in [0.5, 0.6) is 5.88 Å². The van der Waals surface area contributed by atoms with Gasteiger partial charge in [-0.3, -0.25) is 4.57 Å². The first-order valence-electron chi connectivity index (χ1n) is 6.97. The number of halogens is 3. The van der Waals surface area contributed by atoms with Crippen LogP contribution in [0.2, 0.25) is 0 Å². The van der Waals surface area contributed by atoms with Gasteiger partial charge in [0.1, 0.15) is 12.4 Å². The lowest BCUT2D eigenvalue weighted by Gasteiger charge is -2.16. The van der Waals surface area contributed by atoms with E-state index in [2.05, 4.69) is 4.98 Å². The van der Waals surface area contributed by atoms with Crippen molar-refractivity contribution < 1.29 is 17.9 Å². The van der Waals surface area contributed by atoms with Crippen LogP contribution in [0.15, 0.2) is 23.0 Å². The summed E-state index contributed by atoms with van der Waals surface area (Å²) in [5.41, 5.74) is -0.351. The van der Waals surface area contributed by atoms with Gasteiger partial charge in [-0.2, -0.15) is 4.98 Å². The molecule has 0 bridgehead atoms. The van der Waals surface area contributed by atoms with Gasteiger partial charge in [-0.1, -0.05) is 0 Å². The van der Waals surface area contributed by atoms with Crippen LogP contribution in [0.3, 0.4) is 0 Å². The van der Waals surface area contributed by atoms with Crippen molar-refractivity contribution in [2.75, 3.05) is 11.9 Å². The van der Waals surface area contributed by atoms with E-state index in [4.69, 9.17) is 4.74 Å². The fourth-order valence-corrected chi connectivity index (χ4v) is 2.47. The second-order valence-electron chi connectivity index (χ2n) is 5.47. The van der Waals surface area contributed by atoms with Crippen LogP contribution >= 0.6 is 0 Å². The molecule has 122 valence electrons. The van der Waals surface area contributed by atoms with Crippen LogP contribution < -0.4 is 15.3 Å². The third-order valence-electron chi connectivity index (χ3n) is 3.87. The van der Waals surface area contributed by atoms with Gasteiger partial charge in [0.2, 0.25) is 5.88 Å². The van der Waals surface area contributed by atoms with E-state index in [9.17, 15) is 18.0 Å². The Balaban J connectivity index is 1.83. The fourth-order valence-electron chi connectivity index (χ4n) is 2.47. The van der Waals surface area contributed by atoms with Crippen LogP contribution in [-0.2, 0) is 13.2 Å². The molecule has 1 atom stereocenters. The Hall–Kier alpha value is -2.51. The molecule has 0 saturated carbocycles. The monoisotopic (exact) mass is 325 g/mol. The van der Waals surface area contributed by atoms with Crippen molar-refractivity contribution in [1.29, 1.82) is 0 Å². The molecule has 0 saturated heterocycles. The lowest BCUT2D eigenvalue weighted by Crippen LogP contribution is -2.23. The Morgan fingerprint density at radius 2 is 1.91 bits per heavy atom. The Labute approximate surface area is 129 Å². The molecule has 2 aromatic rings. The van der Waals surface area contributed by atoms with Crippen molar-refractivity contribution in [3.8, 4) is 5.88 Å². The smallest absolute Gasteiger partial charge is 0.352 e. The second kappa shape index (κ2) is 5.60. The van der Waals surface area contributed by atoms with Gasteiger partial charge in [-0.25, -0.2) is 18.0 Å². The first-order chi connectivity index (χ1) is 10.9. The molecule has 1 aromatic heterocycles. The Kier molecular flexibility index (Phi) is 3.75. The predicted octanol–water partition coefficient (Wildman–Crippen LogP) is 2.08. The number of fused-ring (bicyclic) bond motifs is 1. The summed E-state index contributed by atoms with van der Waals surface area (Å²) in [5.74, 6) is -3.41. The third-order valence-corrected chi connectivity index (χ3v) is 3.87. The molecular weight excluding hydrogens is 311 g/mol. The minimum atomic E-state index is -1.53. The number of likely N-dealkylation sites (N-methyl/N-ethyl adjacent to an activating group) is 1. The van der Waals surface area contributed by atoms with Crippen LogP contribution in [0.4, 0.5) is 19.0 Å². The summed E-state index contributed by atoms with van der Waals surface area (Å²) in [5, 5.41) is 0. The molecule has 0 aliphatic carbocycles. The molecule has 23 heavy (non-hydrogen) atoms. The number of rotatable bonds is 3. The van der Waals surface area contributed by atoms with Gasteiger partial charge in [-0.05, 0) is 24.6 Å². The van der Waals surface area contributed by atoms with Crippen LogP contribution in [0, 0.1) is 17.5 Å². The normalized spacial score (nSPS) is 16.6. The molecule has 2 heterocycles. The van der Waals surface area contributed by atoms with Crippen LogP contribution in [0.25, 0.3) is 0 Å². The maximum absolute atomic E-state index is 13.2. The molecule has 0 radical (unpaired) electrons. The Morgan fingerprint density at radius 1 is 1.26 bits per heavy atom. The zero-order valence-electron chi connectivity index (χ0n) is 12.5. The zero-order valence-corrected chi connectivity index (χ0v) is 12.5. The van der Waals surface area contributed by atoms with Crippen molar-refractivity contribution in [1.82, 2.24) is 9.55 Å². The van der Waals surface area contributed by atoms with Gasteiger partial charge in [0, 0.05) is 25.7 Å². The molecule has 0 amide bonds. The number of anilines is 1. The van der Waals surface area contributed by atoms with Crippen molar-refractivity contribution in [2.45, 2.75) is 26.1 Å². The van der Waals surface area contributed by atoms with Crippen LogP contribution in [-0.4, -0.2) is 22.6 Å². The number of aromatic nitrogens is 2. The minimum Gasteiger partial charge on any atom is -0.473 e. The average molecular weight is 325 g/mol. The van der Waals surface area contributed by atoms with E-state index in [1.165, 1.54) is 4.57 Å². The van der Waals surface area contributed by atoms with Crippen LogP contribution in [0.1, 0.15) is 12.5 Å².